The van der Waals surface area contributed by atoms with Crippen molar-refractivity contribution in [2.45, 2.75) is 18.4 Å². The zero-order chi connectivity index (χ0) is 21.6. The van der Waals surface area contributed by atoms with Crippen LogP contribution in [-0.4, -0.2) is 29.8 Å². The van der Waals surface area contributed by atoms with Gasteiger partial charge in [0.05, 0.1) is 0 Å². The number of rotatable bonds is 7. The maximum Gasteiger partial charge on any atom is 0.407 e. The standard InChI is InChI=1S/C26H23NO4/c28-25(29)24(16-8-11-18-9-2-1-3-10-18)27-26(30)31-17-23-21-14-6-4-12-19(21)20-13-5-7-15-22(20)23/h1-15,23-24H,16-17H2,(H,27,30)(H,28,29)/b11-8-/t24-/m1/s1. The molecule has 5 heteroatoms. The van der Waals surface area contributed by atoms with Crippen molar-refractivity contribution in [2.75, 3.05) is 6.61 Å². The van der Waals surface area contributed by atoms with E-state index in [0.717, 1.165) is 27.8 Å². The minimum atomic E-state index is -1.11. The van der Waals surface area contributed by atoms with Gasteiger partial charge in [-0.1, -0.05) is 91.0 Å². The number of hydrogen-bond donors (Lipinski definition) is 2. The molecule has 0 radical (unpaired) electrons. The van der Waals surface area contributed by atoms with Crippen LogP contribution in [-0.2, 0) is 9.53 Å². The first-order valence-corrected chi connectivity index (χ1v) is 10.2. The Bertz CT molecular complexity index is 1060. The van der Waals surface area contributed by atoms with Gasteiger partial charge in [-0.2, -0.15) is 0 Å². The molecule has 31 heavy (non-hydrogen) atoms. The van der Waals surface area contributed by atoms with Gasteiger partial charge in [0, 0.05) is 5.92 Å². The number of hydrogen-bond acceptors (Lipinski definition) is 3. The summed E-state index contributed by atoms with van der Waals surface area (Å²) in [6, 6.07) is 24.6. The predicted octanol–water partition coefficient (Wildman–Crippen LogP) is 5.08. The van der Waals surface area contributed by atoms with Gasteiger partial charge in [0.1, 0.15) is 12.6 Å². The van der Waals surface area contributed by atoms with E-state index in [-0.39, 0.29) is 18.9 Å². The summed E-state index contributed by atoms with van der Waals surface area (Å²) in [5.74, 6) is -1.18. The minimum Gasteiger partial charge on any atom is -0.480 e. The highest BCUT2D eigenvalue weighted by molar-refractivity contribution is 5.81. The number of carbonyl (C=O) groups is 2. The summed E-state index contributed by atoms with van der Waals surface area (Å²) in [6.07, 6.45) is 2.99. The van der Waals surface area contributed by atoms with Crippen molar-refractivity contribution in [1.29, 1.82) is 0 Å². The summed E-state index contributed by atoms with van der Waals surface area (Å²) < 4.78 is 5.45. The van der Waals surface area contributed by atoms with E-state index < -0.39 is 18.1 Å². The summed E-state index contributed by atoms with van der Waals surface area (Å²) in [6.45, 7) is 0.145. The van der Waals surface area contributed by atoms with Crippen LogP contribution in [0.4, 0.5) is 4.79 Å². The number of nitrogens with one attached hydrogen (secondary N) is 1. The number of carbonyl (C=O) groups excluding carboxylic acids is 1. The average molecular weight is 413 g/mol. The third kappa shape index (κ3) is 4.67. The van der Waals surface area contributed by atoms with Crippen molar-refractivity contribution in [3.05, 3.63) is 102 Å². The van der Waals surface area contributed by atoms with Gasteiger partial charge in [-0.05, 0) is 34.2 Å². The van der Waals surface area contributed by atoms with Crippen LogP contribution >= 0.6 is 0 Å². The Labute approximate surface area is 181 Å². The van der Waals surface area contributed by atoms with E-state index in [0.29, 0.717) is 0 Å². The fourth-order valence-corrected chi connectivity index (χ4v) is 3.91. The molecule has 0 unspecified atom stereocenters. The fourth-order valence-electron chi connectivity index (χ4n) is 3.91. The molecule has 1 aliphatic carbocycles. The van der Waals surface area contributed by atoms with Crippen LogP contribution in [0.5, 0.6) is 0 Å². The number of ether oxygens (including phenoxy) is 1. The lowest BCUT2D eigenvalue weighted by atomic mass is 9.98. The highest BCUT2D eigenvalue weighted by atomic mass is 16.5. The average Bonchev–Trinajstić information content (AvgIpc) is 3.11. The lowest BCUT2D eigenvalue weighted by Gasteiger charge is -2.16. The number of fused-ring (bicyclic) bond motifs is 3. The van der Waals surface area contributed by atoms with Gasteiger partial charge in [0.25, 0.3) is 0 Å². The molecule has 0 spiro atoms. The molecule has 4 rings (SSSR count). The van der Waals surface area contributed by atoms with Crippen molar-refractivity contribution in [1.82, 2.24) is 5.32 Å². The van der Waals surface area contributed by atoms with Crippen LogP contribution < -0.4 is 5.32 Å². The van der Waals surface area contributed by atoms with Gasteiger partial charge < -0.3 is 15.2 Å². The van der Waals surface area contributed by atoms with E-state index in [4.69, 9.17) is 4.74 Å². The van der Waals surface area contributed by atoms with Gasteiger partial charge >= 0.3 is 12.1 Å². The van der Waals surface area contributed by atoms with E-state index in [9.17, 15) is 14.7 Å². The largest absolute Gasteiger partial charge is 0.480 e. The smallest absolute Gasteiger partial charge is 0.407 e. The Balaban J connectivity index is 1.38. The Hall–Kier alpha value is -3.86. The molecule has 1 amide bonds. The lowest BCUT2D eigenvalue weighted by molar-refractivity contribution is -0.139. The molecule has 3 aromatic rings. The number of benzene rings is 3. The molecular formula is C26H23NO4. The highest BCUT2D eigenvalue weighted by Gasteiger charge is 2.29. The van der Waals surface area contributed by atoms with Crippen LogP contribution in [0.1, 0.15) is 29.0 Å². The number of aliphatic carboxylic acids is 1. The van der Waals surface area contributed by atoms with Gasteiger partial charge in [0.15, 0.2) is 0 Å². The molecule has 3 aromatic carbocycles. The van der Waals surface area contributed by atoms with E-state index in [2.05, 4.69) is 17.4 Å². The molecule has 0 heterocycles. The molecule has 0 fully saturated rings. The van der Waals surface area contributed by atoms with Crippen molar-refractivity contribution >= 4 is 18.1 Å². The summed E-state index contributed by atoms with van der Waals surface area (Å²) in [5, 5.41) is 11.9. The van der Waals surface area contributed by atoms with Crippen molar-refractivity contribution in [3.63, 3.8) is 0 Å². The van der Waals surface area contributed by atoms with Crippen LogP contribution in [0.2, 0.25) is 0 Å². The third-order valence-corrected chi connectivity index (χ3v) is 5.42. The number of amides is 1. The minimum absolute atomic E-state index is 0.0700. The monoisotopic (exact) mass is 413 g/mol. The van der Waals surface area contributed by atoms with Crippen LogP contribution in [0.15, 0.2) is 84.9 Å². The molecule has 1 atom stereocenters. The van der Waals surface area contributed by atoms with E-state index in [1.807, 2.05) is 72.8 Å². The topological polar surface area (TPSA) is 75.6 Å². The van der Waals surface area contributed by atoms with Gasteiger partial charge in [-0.25, -0.2) is 9.59 Å². The summed E-state index contributed by atoms with van der Waals surface area (Å²) in [5.41, 5.74) is 5.46. The molecule has 5 nitrogen and oxygen atoms in total. The molecule has 0 aliphatic heterocycles. The van der Waals surface area contributed by atoms with Crippen LogP contribution in [0.25, 0.3) is 17.2 Å². The summed E-state index contributed by atoms with van der Waals surface area (Å²) >= 11 is 0. The number of alkyl carbamates (subject to hydrolysis) is 1. The Kier molecular flexibility index (Phi) is 6.13. The number of carboxylic acid groups (broad SMARTS) is 1. The van der Waals surface area contributed by atoms with Crippen molar-refractivity contribution in [2.24, 2.45) is 0 Å². The van der Waals surface area contributed by atoms with Crippen molar-refractivity contribution in [3.8, 4) is 11.1 Å². The zero-order valence-corrected chi connectivity index (χ0v) is 16.9. The first-order valence-electron chi connectivity index (χ1n) is 10.2. The quantitative estimate of drug-likeness (QED) is 0.566. The first kappa shape index (κ1) is 20.4. The van der Waals surface area contributed by atoms with E-state index in [1.54, 1.807) is 6.08 Å². The van der Waals surface area contributed by atoms with Gasteiger partial charge in [0.2, 0.25) is 0 Å². The lowest BCUT2D eigenvalue weighted by Crippen LogP contribution is -2.41. The molecule has 1 aliphatic rings. The highest BCUT2D eigenvalue weighted by Crippen LogP contribution is 2.44. The fraction of sp³-hybridized carbons (Fsp3) is 0.154. The molecule has 0 saturated carbocycles. The van der Waals surface area contributed by atoms with Crippen LogP contribution in [0.3, 0.4) is 0 Å². The Morgan fingerprint density at radius 3 is 2.10 bits per heavy atom. The second-order valence-electron chi connectivity index (χ2n) is 7.41. The Morgan fingerprint density at radius 1 is 0.903 bits per heavy atom. The second-order valence-corrected chi connectivity index (χ2v) is 7.41. The molecular weight excluding hydrogens is 390 g/mol. The van der Waals surface area contributed by atoms with Crippen LogP contribution in [0, 0.1) is 0 Å². The predicted molar refractivity (Wildman–Crippen MR) is 120 cm³/mol. The third-order valence-electron chi connectivity index (χ3n) is 5.42. The molecule has 0 bridgehead atoms. The summed E-state index contributed by atoms with van der Waals surface area (Å²) in [4.78, 5) is 23.9. The van der Waals surface area contributed by atoms with Crippen molar-refractivity contribution < 1.29 is 19.4 Å². The normalized spacial score (nSPS) is 13.4. The SMILES string of the molecule is O=C(N[C@H](C/C=C\c1ccccc1)C(=O)O)OCC1c2ccccc2-c2ccccc21. The van der Waals surface area contributed by atoms with Gasteiger partial charge in [-0.3, -0.25) is 0 Å². The summed E-state index contributed by atoms with van der Waals surface area (Å²) in [7, 11) is 0. The maximum absolute atomic E-state index is 12.4. The Morgan fingerprint density at radius 2 is 1.48 bits per heavy atom. The first-order chi connectivity index (χ1) is 15.1. The zero-order valence-electron chi connectivity index (χ0n) is 16.9. The van der Waals surface area contributed by atoms with Gasteiger partial charge in [-0.15, -0.1) is 0 Å². The second kappa shape index (κ2) is 9.30. The molecule has 156 valence electrons. The molecule has 0 saturated heterocycles. The number of carboxylic acids is 1. The van der Waals surface area contributed by atoms with E-state index in [1.165, 1.54) is 0 Å². The maximum atomic E-state index is 12.4. The molecule has 0 aromatic heterocycles. The molecule has 2 N–H and O–H groups in total. The van der Waals surface area contributed by atoms with E-state index >= 15 is 0 Å².